The van der Waals surface area contributed by atoms with Gasteiger partial charge in [0, 0.05) is 12.1 Å². The van der Waals surface area contributed by atoms with E-state index in [1.54, 1.807) is 6.92 Å². The molecule has 2 atom stereocenters. The van der Waals surface area contributed by atoms with Gasteiger partial charge in [-0.05, 0) is 32.6 Å². The van der Waals surface area contributed by atoms with Crippen LogP contribution in [0.2, 0.25) is 0 Å². The molecule has 0 radical (unpaired) electrons. The Kier molecular flexibility index (Phi) is 3.33. The Morgan fingerprint density at radius 1 is 1.50 bits per heavy atom. The van der Waals surface area contributed by atoms with Gasteiger partial charge in [-0.3, -0.25) is 0 Å². The summed E-state index contributed by atoms with van der Waals surface area (Å²) in [6.07, 6.45) is 5.25. The summed E-state index contributed by atoms with van der Waals surface area (Å²) < 4.78 is 13.4. The largest absolute Gasteiger partial charge is 0.365 e. The monoisotopic (exact) mass is 224 g/mol. The van der Waals surface area contributed by atoms with E-state index < -0.39 is 5.82 Å². The van der Waals surface area contributed by atoms with E-state index in [0.717, 1.165) is 25.7 Å². The number of hydrogen-bond donors (Lipinski definition) is 2. The second-order valence-corrected chi connectivity index (χ2v) is 4.38. The summed E-state index contributed by atoms with van der Waals surface area (Å²) in [5.41, 5.74) is 5.88. The van der Waals surface area contributed by atoms with Crippen LogP contribution in [0.4, 0.5) is 10.2 Å². The molecular weight excluding hydrogens is 207 g/mol. The Balaban J connectivity index is 2.05. The lowest BCUT2D eigenvalue weighted by Crippen LogP contribution is -2.35. The van der Waals surface area contributed by atoms with Crippen molar-refractivity contribution in [3.63, 3.8) is 0 Å². The summed E-state index contributed by atoms with van der Waals surface area (Å²) in [5.74, 6) is 0.473. The van der Waals surface area contributed by atoms with Gasteiger partial charge in [-0.15, -0.1) is 0 Å². The minimum Gasteiger partial charge on any atom is -0.365 e. The molecule has 0 bridgehead atoms. The lowest BCUT2D eigenvalue weighted by molar-refractivity contribution is 0.407. The summed E-state index contributed by atoms with van der Waals surface area (Å²) in [6, 6.07) is 0.449. The highest BCUT2D eigenvalue weighted by molar-refractivity contribution is 5.36. The Bertz CT molecular complexity index is 369. The highest BCUT2D eigenvalue weighted by atomic mass is 19.1. The fourth-order valence-electron chi connectivity index (χ4n) is 2.11. The molecule has 1 aromatic heterocycles. The topological polar surface area (TPSA) is 63.8 Å². The average molecular weight is 224 g/mol. The van der Waals surface area contributed by atoms with Crippen LogP contribution in [0.1, 0.15) is 31.5 Å². The zero-order chi connectivity index (χ0) is 11.5. The predicted molar refractivity (Wildman–Crippen MR) is 60.6 cm³/mol. The van der Waals surface area contributed by atoms with Crippen LogP contribution in [-0.4, -0.2) is 22.1 Å². The molecule has 1 saturated carbocycles. The normalized spacial score (nSPS) is 25.4. The Labute approximate surface area is 94.5 Å². The van der Waals surface area contributed by atoms with Crippen molar-refractivity contribution in [1.29, 1.82) is 0 Å². The summed E-state index contributed by atoms with van der Waals surface area (Å²) in [4.78, 5) is 7.85. The van der Waals surface area contributed by atoms with Crippen LogP contribution in [0.25, 0.3) is 0 Å². The minimum atomic E-state index is -0.398. The molecule has 1 aliphatic carbocycles. The van der Waals surface area contributed by atoms with Crippen molar-refractivity contribution in [2.24, 2.45) is 5.73 Å². The third-order valence-corrected chi connectivity index (χ3v) is 2.92. The average Bonchev–Trinajstić information content (AvgIpc) is 2.24. The molecule has 0 spiro atoms. The number of hydrogen-bond acceptors (Lipinski definition) is 4. The molecule has 0 aliphatic heterocycles. The fourth-order valence-corrected chi connectivity index (χ4v) is 2.11. The number of halogens is 1. The van der Waals surface area contributed by atoms with Gasteiger partial charge < -0.3 is 11.1 Å². The molecular formula is C11H17FN4. The number of anilines is 1. The van der Waals surface area contributed by atoms with Crippen molar-refractivity contribution in [2.75, 3.05) is 5.32 Å². The first-order chi connectivity index (χ1) is 7.65. The van der Waals surface area contributed by atoms with E-state index in [2.05, 4.69) is 15.3 Å². The Morgan fingerprint density at radius 3 is 3.06 bits per heavy atom. The molecule has 1 unspecified atom stereocenters. The third kappa shape index (κ3) is 2.66. The summed E-state index contributed by atoms with van der Waals surface area (Å²) in [5, 5.41) is 3.11. The van der Waals surface area contributed by atoms with Gasteiger partial charge in [0.1, 0.15) is 5.82 Å². The molecule has 16 heavy (non-hydrogen) atoms. The molecule has 1 aromatic rings. The van der Waals surface area contributed by atoms with E-state index in [0.29, 0.717) is 11.6 Å². The maximum absolute atomic E-state index is 13.4. The first kappa shape index (κ1) is 11.3. The van der Waals surface area contributed by atoms with Gasteiger partial charge >= 0.3 is 0 Å². The van der Waals surface area contributed by atoms with Gasteiger partial charge in [0.15, 0.2) is 11.6 Å². The summed E-state index contributed by atoms with van der Waals surface area (Å²) in [6.45, 7) is 1.75. The van der Waals surface area contributed by atoms with E-state index in [4.69, 9.17) is 5.73 Å². The van der Waals surface area contributed by atoms with E-state index in [-0.39, 0.29) is 12.1 Å². The molecule has 1 fully saturated rings. The molecule has 3 N–H and O–H groups in total. The zero-order valence-corrected chi connectivity index (χ0v) is 9.41. The molecule has 5 heteroatoms. The standard InChI is InChI=1S/C11H17FN4/c1-7-14-6-10(12)11(15-7)16-9-4-2-3-8(13)5-9/h6,8-9H,2-5,13H2,1H3,(H,14,15,16)/t8-,9?/m1/s1. The van der Waals surface area contributed by atoms with Crippen molar-refractivity contribution < 1.29 is 4.39 Å². The number of nitrogens with one attached hydrogen (secondary N) is 1. The SMILES string of the molecule is Cc1ncc(F)c(NC2CCC[C@@H](N)C2)n1. The maximum Gasteiger partial charge on any atom is 0.183 e. The lowest BCUT2D eigenvalue weighted by atomic mass is 9.92. The molecule has 1 heterocycles. The van der Waals surface area contributed by atoms with Gasteiger partial charge in [-0.2, -0.15) is 0 Å². The third-order valence-electron chi connectivity index (χ3n) is 2.92. The quantitative estimate of drug-likeness (QED) is 0.801. The predicted octanol–water partition coefficient (Wildman–Crippen LogP) is 1.61. The second-order valence-electron chi connectivity index (χ2n) is 4.38. The van der Waals surface area contributed by atoms with Crippen molar-refractivity contribution in [3.05, 3.63) is 17.8 Å². The van der Waals surface area contributed by atoms with E-state index >= 15 is 0 Å². The number of aryl methyl sites for hydroxylation is 1. The number of nitrogens with two attached hydrogens (primary N) is 1. The Morgan fingerprint density at radius 2 is 2.31 bits per heavy atom. The molecule has 0 amide bonds. The molecule has 2 rings (SSSR count). The molecule has 1 aliphatic rings. The van der Waals surface area contributed by atoms with Gasteiger partial charge in [0.25, 0.3) is 0 Å². The van der Waals surface area contributed by atoms with E-state index in [1.807, 2.05) is 0 Å². The van der Waals surface area contributed by atoms with Gasteiger partial charge in [0.05, 0.1) is 6.20 Å². The number of aromatic nitrogens is 2. The zero-order valence-electron chi connectivity index (χ0n) is 9.41. The maximum atomic E-state index is 13.4. The van der Waals surface area contributed by atoms with Crippen molar-refractivity contribution in [2.45, 2.75) is 44.7 Å². The first-order valence-electron chi connectivity index (χ1n) is 5.66. The van der Waals surface area contributed by atoms with E-state index in [1.165, 1.54) is 6.20 Å². The highest BCUT2D eigenvalue weighted by Gasteiger charge is 2.20. The van der Waals surface area contributed by atoms with Crippen LogP contribution >= 0.6 is 0 Å². The number of nitrogens with zero attached hydrogens (tertiary/aromatic N) is 2. The van der Waals surface area contributed by atoms with Crippen molar-refractivity contribution in [3.8, 4) is 0 Å². The molecule has 0 aromatic carbocycles. The smallest absolute Gasteiger partial charge is 0.183 e. The van der Waals surface area contributed by atoms with Crippen molar-refractivity contribution >= 4 is 5.82 Å². The van der Waals surface area contributed by atoms with Crippen molar-refractivity contribution in [1.82, 2.24) is 9.97 Å². The van der Waals surface area contributed by atoms with E-state index in [9.17, 15) is 4.39 Å². The molecule has 88 valence electrons. The minimum absolute atomic E-state index is 0.220. The van der Waals surface area contributed by atoms with Crippen LogP contribution < -0.4 is 11.1 Å². The lowest BCUT2D eigenvalue weighted by Gasteiger charge is -2.27. The second kappa shape index (κ2) is 4.74. The van der Waals surface area contributed by atoms with Gasteiger partial charge in [-0.25, -0.2) is 14.4 Å². The Hall–Kier alpha value is -1.23. The van der Waals surface area contributed by atoms with Crippen LogP contribution in [0.3, 0.4) is 0 Å². The van der Waals surface area contributed by atoms with Crippen LogP contribution in [0.15, 0.2) is 6.20 Å². The first-order valence-corrected chi connectivity index (χ1v) is 5.66. The molecule has 4 nitrogen and oxygen atoms in total. The van der Waals surface area contributed by atoms with Crippen LogP contribution in [0.5, 0.6) is 0 Å². The molecule has 0 saturated heterocycles. The fraction of sp³-hybridized carbons (Fsp3) is 0.636. The summed E-state index contributed by atoms with van der Waals surface area (Å²) in [7, 11) is 0. The van der Waals surface area contributed by atoms with Gasteiger partial charge in [0.2, 0.25) is 0 Å². The summed E-state index contributed by atoms with van der Waals surface area (Å²) >= 11 is 0. The van der Waals surface area contributed by atoms with Gasteiger partial charge in [-0.1, -0.05) is 0 Å². The van der Waals surface area contributed by atoms with Crippen LogP contribution in [0, 0.1) is 12.7 Å². The van der Waals surface area contributed by atoms with Crippen LogP contribution in [-0.2, 0) is 0 Å². The highest BCUT2D eigenvalue weighted by Crippen LogP contribution is 2.21. The number of rotatable bonds is 2.